The number of nitrogens with two attached hydrogens (primary N) is 1. The molecular formula is C11H17NO2. The van der Waals surface area contributed by atoms with Crippen molar-refractivity contribution in [1.29, 1.82) is 0 Å². The van der Waals surface area contributed by atoms with Gasteiger partial charge in [-0.15, -0.1) is 0 Å². The quantitative estimate of drug-likeness (QED) is 0.764. The largest absolute Gasteiger partial charge is 0.496 e. The summed E-state index contributed by atoms with van der Waals surface area (Å²) < 4.78 is 5.26. The summed E-state index contributed by atoms with van der Waals surface area (Å²) >= 11 is 0. The van der Waals surface area contributed by atoms with Crippen molar-refractivity contribution in [3.05, 3.63) is 28.8 Å². The molecule has 0 spiro atoms. The molecule has 0 aliphatic carbocycles. The molecule has 14 heavy (non-hydrogen) atoms. The molecule has 0 radical (unpaired) electrons. The topological polar surface area (TPSA) is 55.5 Å². The maximum absolute atomic E-state index is 9.65. The summed E-state index contributed by atoms with van der Waals surface area (Å²) in [6.45, 7) is 4.19. The minimum absolute atomic E-state index is 0.207. The molecule has 0 aliphatic heterocycles. The van der Waals surface area contributed by atoms with Crippen LogP contribution >= 0.6 is 0 Å². The van der Waals surface area contributed by atoms with Gasteiger partial charge in [-0.2, -0.15) is 0 Å². The number of rotatable bonds is 3. The van der Waals surface area contributed by atoms with Crippen LogP contribution in [0.15, 0.2) is 12.1 Å². The van der Waals surface area contributed by atoms with Crippen LogP contribution in [0.5, 0.6) is 5.75 Å². The Morgan fingerprint density at radius 3 is 2.57 bits per heavy atom. The molecule has 0 aliphatic rings. The minimum atomic E-state index is -0.649. The summed E-state index contributed by atoms with van der Waals surface area (Å²) in [4.78, 5) is 0. The maximum Gasteiger partial charge on any atom is 0.127 e. The standard InChI is InChI=1S/C11H17NO2/c1-7-4-5-9(10(13)6-12)11(14-3)8(7)2/h4-5,10,13H,6,12H2,1-3H3. The number of benzene rings is 1. The lowest BCUT2D eigenvalue weighted by Gasteiger charge is -2.16. The molecule has 3 heteroatoms. The van der Waals surface area contributed by atoms with E-state index in [0.717, 1.165) is 22.4 Å². The second-order valence-electron chi connectivity index (χ2n) is 3.38. The van der Waals surface area contributed by atoms with Crippen LogP contribution in [0, 0.1) is 13.8 Å². The zero-order chi connectivity index (χ0) is 10.7. The van der Waals surface area contributed by atoms with Crippen molar-refractivity contribution >= 4 is 0 Å². The molecule has 0 bridgehead atoms. The van der Waals surface area contributed by atoms with Crippen molar-refractivity contribution < 1.29 is 9.84 Å². The molecule has 0 aromatic heterocycles. The number of hydrogen-bond donors (Lipinski definition) is 2. The first kappa shape index (κ1) is 11.0. The summed E-state index contributed by atoms with van der Waals surface area (Å²) in [6.07, 6.45) is -0.649. The van der Waals surface area contributed by atoms with E-state index in [0.29, 0.717) is 0 Å². The van der Waals surface area contributed by atoms with E-state index in [9.17, 15) is 5.11 Å². The third kappa shape index (κ3) is 1.89. The minimum Gasteiger partial charge on any atom is -0.496 e. The van der Waals surface area contributed by atoms with Gasteiger partial charge in [0.25, 0.3) is 0 Å². The van der Waals surface area contributed by atoms with Gasteiger partial charge in [0.15, 0.2) is 0 Å². The SMILES string of the molecule is COc1c(C(O)CN)ccc(C)c1C. The average Bonchev–Trinajstić information content (AvgIpc) is 2.20. The Kier molecular flexibility index (Phi) is 3.49. The monoisotopic (exact) mass is 195 g/mol. The van der Waals surface area contributed by atoms with Gasteiger partial charge < -0.3 is 15.6 Å². The van der Waals surface area contributed by atoms with E-state index in [2.05, 4.69) is 0 Å². The Morgan fingerprint density at radius 2 is 2.07 bits per heavy atom. The summed E-state index contributed by atoms with van der Waals surface area (Å²) in [7, 11) is 1.61. The van der Waals surface area contributed by atoms with Gasteiger partial charge in [-0.1, -0.05) is 12.1 Å². The van der Waals surface area contributed by atoms with Gasteiger partial charge in [0, 0.05) is 12.1 Å². The van der Waals surface area contributed by atoms with Gasteiger partial charge in [0.05, 0.1) is 13.2 Å². The molecule has 0 heterocycles. The molecule has 78 valence electrons. The van der Waals surface area contributed by atoms with Crippen molar-refractivity contribution in [2.45, 2.75) is 20.0 Å². The predicted octanol–water partition coefficient (Wildman–Crippen LogP) is 1.30. The summed E-state index contributed by atoms with van der Waals surface area (Å²) in [6, 6.07) is 3.82. The second kappa shape index (κ2) is 4.44. The molecule has 0 amide bonds. The van der Waals surface area contributed by atoms with Gasteiger partial charge in [0.2, 0.25) is 0 Å². The van der Waals surface area contributed by atoms with Crippen LogP contribution in [0.2, 0.25) is 0 Å². The van der Waals surface area contributed by atoms with Crippen molar-refractivity contribution in [1.82, 2.24) is 0 Å². The fourth-order valence-electron chi connectivity index (χ4n) is 1.47. The van der Waals surface area contributed by atoms with Crippen LogP contribution in [0.1, 0.15) is 22.8 Å². The zero-order valence-corrected chi connectivity index (χ0v) is 8.87. The zero-order valence-electron chi connectivity index (χ0n) is 8.87. The molecule has 0 saturated heterocycles. The lowest BCUT2D eigenvalue weighted by molar-refractivity contribution is 0.182. The van der Waals surface area contributed by atoms with Crippen LogP contribution < -0.4 is 10.5 Å². The molecule has 1 aromatic rings. The molecule has 1 atom stereocenters. The molecule has 3 N–H and O–H groups in total. The highest BCUT2D eigenvalue weighted by atomic mass is 16.5. The first-order valence-corrected chi connectivity index (χ1v) is 4.64. The highest BCUT2D eigenvalue weighted by Gasteiger charge is 2.14. The van der Waals surface area contributed by atoms with E-state index < -0.39 is 6.10 Å². The number of methoxy groups -OCH3 is 1. The third-order valence-electron chi connectivity index (χ3n) is 2.49. The Balaban J connectivity index is 3.23. The Bertz CT molecular complexity index is 323. The molecule has 1 aromatic carbocycles. The van der Waals surface area contributed by atoms with Crippen LogP contribution in [-0.4, -0.2) is 18.8 Å². The first-order chi connectivity index (χ1) is 6.61. The van der Waals surface area contributed by atoms with E-state index in [1.165, 1.54) is 0 Å². The Morgan fingerprint density at radius 1 is 1.43 bits per heavy atom. The fourth-order valence-corrected chi connectivity index (χ4v) is 1.47. The van der Waals surface area contributed by atoms with Gasteiger partial charge in [-0.25, -0.2) is 0 Å². The van der Waals surface area contributed by atoms with Crippen molar-refractivity contribution in [2.24, 2.45) is 5.73 Å². The molecule has 0 saturated carbocycles. The number of aryl methyl sites for hydroxylation is 1. The molecular weight excluding hydrogens is 178 g/mol. The Hall–Kier alpha value is -1.06. The van der Waals surface area contributed by atoms with Crippen molar-refractivity contribution in [3.8, 4) is 5.75 Å². The normalized spacial score (nSPS) is 12.6. The lowest BCUT2D eigenvalue weighted by Crippen LogP contribution is -2.13. The van der Waals surface area contributed by atoms with Crippen LogP contribution in [0.4, 0.5) is 0 Å². The van der Waals surface area contributed by atoms with E-state index in [1.54, 1.807) is 7.11 Å². The van der Waals surface area contributed by atoms with E-state index in [1.807, 2.05) is 26.0 Å². The number of aliphatic hydroxyl groups is 1. The van der Waals surface area contributed by atoms with Crippen LogP contribution in [0.25, 0.3) is 0 Å². The van der Waals surface area contributed by atoms with Gasteiger partial charge in [0.1, 0.15) is 5.75 Å². The summed E-state index contributed by atoms with van der Waals surface area (Å²) in [5.41, 5.74) is 8.37. The van der Waals surface area contributed by atoms with Gasteiger partial charge >= 0.3 is 0 Å². The molecule has 1 unspecified atom stereocenters. The van der Waals surface area contributed by atoms with Crippen molar-refractivity contribution in [3.63, 3.8) is 0 Å². The smallest absolute Gasteiger partial charge is 0.127 e. The third-order valence-corrected chi connectivity index (χ3v) is 2.49. The molecule has 0 fully saturated rings. The predicted molar refractivity (Wildman–Crippen MR) is 56.5 cm³/mol. The molecule has 3 nitrogen and oxygen atoms in total. The van der Waals surface area contributed by atoms with Gasteiger partial charge in [-0.05, 0) is 25.0 Å². The van der Waals surface area contributed by atoms with Crippen LogP contribution in [0.3, 0.4) is 0 Å². The maximum atomic E-state index is 9.65. The lowest BCUT2D eigenvalue weighted by atomic mass is 10.0. The van der Waals surface area contributed by atoms with E-state index in [4.69, 9.17) is 10.5 Å². The summed E-state index contributed by atoms with van der Waals surface area (Å²) in [5.74, 6) is 0.739. The molecule has 1 rings (SSSR count). The van der Waals surface area contributed by atoms with Crippen LogP contribution in [-0.2, 0) is 0 Å². The average molecular weight is 195 g/mol. The summed E-state index contributed by atoms with van der Waals surface area (Å²) in [5, 5.41) is 9.65. The fraction of sp³-hybridized carbons (Fsp3) is 0.455. The highest BCUT2D eigenvalue weighted by molar-refractivity contribution is 5.46. The number of aliphatic hydroxyl groups excluding tert-OH is 1. The van der Waals surface area contributed by atoms with E-state index >= 15 is 0 Å². The van der Waals surface area contributed by atoms with Gasteiger partial charge in [-0.3, -0.25) is 0 Å². The number of hydrogen-bond acceptors (Lipinski definition) is 3. The van der Waals surface area contributed by atoms with E-state index in [-0.39, 0.29) is 6.54 Å². The first-order valence-electron chi connectivity index (χ1n) is 4.64. The second-order valence-corrected chi connectivity index (χ2v) is 3.38. The number of ether oxygens (including phenoxy) is 1. The highest BCUT2D eigenvalue weighted by Crippen LogP contribution is 2.30. The Labute approximate surface area is 84.5 Å². The van der Waals surface area contributed by atoms with Crippen molar-refractivity contribution in [2.75, 3.05) is 13.7 Å².